The van der Waals surface area contributed by atoms with Crippen LogP contribution in [0.2, 0.25) is 0 Å². The number of amides is 1. The Kier molecular flexibility index (Phi) is 4.32. The van der Waals surface area contributed by atoms with Crippen molar-refractivity contribution in [3.63, 3.8) is 0 Å². The number of aliphatic carboxylic acids is 1. The van der Waals surface area contributed by atoms with E-state index in [4.69, 9.17) is 0 Å². The first-order valence-electron chi connectivity index (χ1n) is 3.51. The van der Waals surface area contributed by atoms with E-state index in [1.54, 1.807) is 0 Å². The van der Waals surface area contributed by atoms with Gasteiger partial charge in [0.2, 0.25) is 0 Å². The zero-order chi connectivity index (χ0) is 12.3. The summed E-state index contributed by atoms with van der Waals surface area (Å²) in [7, 11) is 0. The van der Waals surface area contributed by atoms with Crippen LogP contribution < -0.4 is 10.4 Å². The van der Waals surface area contributed by atoms with Crippen LogP contribution in [0.1, 0.15) is 6.42 Å². The van der Waals surface area contributed by atoms with E-state index in [0.29, 0.717) is 0 Å². The molecular weight excluding hydrogens is 246 g/mol. The molecule has 9 heteroatoms. The van der Waals surface area contributed by atoms with Gasteiger partial charge in [0.25, 0.3) is 5.91 Å². The summed E-state index contributed by atoms with van der Waals surface area (Å²) in [4.78, 5) is 20.3. The fourth-order valence-corrected chi connectivity index (χ4v) is 0.604. The van der Waals surface area contributed by atoms with Crippen LogP contribution in [0.5, 0.6) is 0 Å². The quantitative estimate of drug-likeness (QED) is 0.538. The van der Waals surface area contributed by atoms with Crippen LogP contribution in [0.25, 0.3) is 0 Å². The maximum absolute atomic E-state index is 12.4. The molecule has 0 rings (SSSR count). The normalized spacial score (nSPS) is 12.3. The molecule has 0 aromatic carbocycles. The lowest BCUT2D eigenvalue weighted by Gasteiger charge is -2.19. The van der Waals surface area contributed by atoms with Gasteiger partial charge >= 0.3 is 11.3 Å². The summed E-state index contributed by atoms with van der Waals surface area (Å²) >= 11 is 3.99. The molecule has 0 fully saturated rings. The van der Waals surface area contributed by atoms with Crippen molar-refractivity contribution < 1.29 is 32.3 Å². The summed E-state index contributed by atoms with van der Waals surface area (Å²) in [6.07, 6.45) is -0.768. The Balaban J connectivity index is 4.27. The molecule has 0 aliphatic rings. The number of carboxylic acid groups (broad SMARTS) is 1. The number of hydrogen-bond acceptors (Lipinski definition) is 3. The molecule has 4 nitrogen and oxygen atoms in total. The fraction of sp³-hybridized carbons (Fsp3) is 0.667. The Hall–Kier alpha value is -1.05. The Morgan fingerprint density at radius 2 is 1.73 bits per heavy atom. The summed E-state index contributed by atoms with van der Waals surface area (Å²) in [5, 5.41) is 6.06. The number of halogens is 5. The predicted molar refractivity (Wildman–Crippen MR) is 38.4 cm³/mol. The zero-order valence-corrected chi connectivity index (χ0v) is 7.78. The summed E-state index contributed by atoms with van der Waals surface area (Å²) in [6.45, 7) is -0.746. The van der Waals surface area contributed by atoms with Crippen molar-refractivity contribution in [1.82, 2.24) is 5.32 Å². The average Bonchev–Trinajstić information content (AvgIpc) is 2.01. The molecule has 0 saturated heterocycles. The molecular formula is C6H5ClF4NO3-. The minimum Gasteiger partial charge on any atom is -0.550 e. The Bertz CT molecular complexity index is 266. The van der Waals surface area contributed by atoms with E-state index in [2.05, 4.69) is 11.6 Å². The monoisotopic (exact) mass is 250 g/mol. The van der Waals surface area contributed by atoms with Gasteiger partial charge in [0.05, 0.1) is 0 Å². The molecule has 1 amide bonds. The Morgan fingerprint density at radius 3 is 2.07 bits per heavy atom. The molecule has 0 heterocycles. The van der Waals surface area contributed by atoms with E-state index >= 15 is 0 Å². The molecule has 0 aliphatic heterocycles. The number of alkyl halides is 5. The van der Waals surface area contributed by atoms with Crippen LogP contribution in [-0.4, -0.2) is 29.7 Å². The van der Waals surface area contributed by atoms with Gasteiger partial charge < -0.3 is 15.2 Å². The van der Waals surface area contributed by atoms with Crippen molar-refractivity contribution in [3.8, 4) is 0 Å². The van der Waals surface area contributed by atoms with E-state index in [0.717, 1.165) is 0 Å². The molecule has 0 unspecified atom stereocenters. The zero-order valence-electron chi connectivity index (χ0n) is 7.03. The molecule has 0 atom stereocenters. The summed E-state index contributed by atoms with van der Waals surface area (Å²) < 4.78 is 48.7. The number of hydrogen-bond donors (Lipinski definition) is 1. The summed E-state index contributed by atoms with van der Waals surface area (Å²) in [5.74, 6) is -9.06. The van der Waals surface area contributed by atoms with Crippen LogP contribution in [0, 0.1) is 0 Å². The lowest BCUT2D eigenvalue weighted by Crippen LogP contribution is -2.50. The van der Waals surface area contributed by atoms with Crippen molar-refractivity contribution in [2.24, 2.45) is 0 Å². The van der Waals surface area contributed by atoms with Gasteiger partial charge in [-0.1, -0.05) is 0 Å². The van der Waals surface area contributed by atoms with Crippen LogP contribution in [-0.2, 0) is 9.59 Å². The van der Waals surface area contributed by atoms with Gasteiger partial charge in [-0.2, -0.15) is 17.6 Å². The lowest BCUT2D eigenvalue weighted by atomic mass is 10.3. The van der Waals surface area contributed by atoms with Crippen LogP contribution >= 0.6 is 11.6 Å². The van der Waals surface area contributed by atoms with E-state index in [1.807, 2.05) is 0 Å². The van der Waals surface area contributed by atoms with Gasteiger partial charge in [-0.05, 0) is 11.6 Å². The van der Waals surface area contributed by atoms with Gasteiger partial charge in [-0.3, -0.25) is 4.79 Å². The minimum atomic E-state index is -5.10. The van der Waals surface area contributed by atoms with Gasteiger partial charge in [-0.15, -0.1) is 0 Å². The van der Waals surface area contributed by atoms with Gasteiger partial charge in [0.1, 0.15) is 0 Å². The average molecular weight is 251 g/mol. The van der Waals surface area contributed by atoms with Crippen molar-refractivity contribution >= 4 is 23.5 Å². The third-order valence-electron chi connectivity index (χ3n) is 1.26. The first-order valence-corrected chi connectivity index (χ1v) is 3.89. The Labute approximate surface area is 86.2 Å². The second kappa shape index (κ2) is 4.65. The topological polar surface area (TPSA) is 69.2 Å². The molecule has 0 aromatic rings. The highest BCUT2D eigenvalue weighted by molar-refractivity contribution is 6.24. The largest absolute Gasteiger partial charge is 0.550 e. The highest BCUT2D eigenvalue weighted by Gasteiger charge is 2.60. The maximum Gasteiger partial charge on any atom is 0.400 e. The van der Waals surface area contributed by atoms with Crippen molar-refractivity contribution in [2.45, 2.75) is 17.7 Å². The second-order valence-electron chi connectivity index (χ2n) is 2.45. The summed E-state index contributed by atoms with van der Waals surface area (Å²) in [5.41, 5.74) is 0. The fourth-order valence-electron chi connectivity index (χ4n) is 0.518. The van der Waals surface area contributed by atoms with Gasteiger partial charge in [0, 0.05) is 18.9 Å². The van der Waals surface area contributed by atoms with Crippen molar-refractivity contribution in [1.29, 1.82) is 0 Å². The van der Waals surface area contributed by atoms with Gasteiger partial charge in [-0.25, -0.2) is 0 Å². The number of nitrogens with one attached hydrogen (secondary N) is 1. The third-order valence-corrected chi connectivity index (χ3v) is 1.49. The van der Waals surface area contributed by atoms with Crippen LogP contribution in [0.3, 0.4) is 0 Å². The standard InChI is InChI=1S/C6H6ClF4NO3/c7-6(10,11)5(8,9)4(15)12-2-1-3(13)14/h1-2H2,(H,12,15)(H,13,14)/p-1. The molecule has 1 N–H and O–H groups in total. The molecule has 0 bridgehead atoms. The number of rotatable bonds is 5. The molecule has 0 aliphatic carbocycles. The molecule has 0 spiro atoms. The van der Waals surface area contributed by atoms with Crippen LogP contribution in [0.15, 0.2) is 0 Å². The molecule has 0 radical (unpaired) electrons. The minimum absolute atomic E-state index is 0.746. The van der Waals surface area contributed by atoms with Gasteiger partial charge in [0.15, 0.2) is 0 Å². The molecule has 0 aromatic heterocycles. The Morgan fingerprint density at radius 1 is 1.27 bits per heavy atom. The third kappa shape index (κ3) is 3.90. The maximum atomic E-state index is 12.4. The van der Waals surface area contributed by atoms with Crippen molar-refractivity contribution in [3.05, 3.63) is 0 Å². The highest BCUT2D eigenvalue weighted by Crippen LogP contribution is 2.37. The first kappa shape index (κ1) is 13.9. The highest BCUT2D eigenvalue weighted by atomic mass is 35.5. The number of carbonyl (C=O) groups is 2. The predicted octanol–water partition coefficient (Wildman–Crippen LogP) is -0.290. The van der Waals surface area contributed by atoms with E-state index in [9.17, 15) is 32.3 Å². The van der Waals surface area contributed by atoms with E-state index in [1.165, 1.54) is 5.32 Å². The molecule has 15 heavy (non-hydrogen) atoms. The second-order valence-corrected chi connectivity index (χ2v) is 2.92. The smallest absolute Gasteiger partial charge is 0.400 e. The van der Waals surface area contributed by atoms with Crippen molar-refractivity contribution in [2.75, 3.05) is 6.54 Å². The number of carboxylic acids is 1. The first-order chi connectivity index (χ1) is 6.59. The number of carbonyl (C=O) groups excluding carboxylic acids is 2. The summed E-state index contributed by atoms with van der Waals surface area (Å²) in [6, 6.07) is 0. The van der Waals surface area contributed by atoms with E-state index in [-0.39, 0.29) is 0 Å². The molecule has 0 saturated carbocycles. The SMILES string of the molecule is O=C([O-])CCNC(=O)C(F)(F)C(F)(F)Cl. The van der Waals surface area contributed by atoms with E-state index < -0.39 is 36.1 Å². The van der Waals surface area contributed by atoms with Crippen LogP contribution in [0.4, 0.5) is 17.6 Å². The molecule has 88 valence electrons. The lowest BCUT2D eigenvalue weighted by molar-refractivity contribution is -0.305.